The van der Waals surface area contributed by atoms with Gasteiger partial charge in [0, 0.05) is 22.9 Å². The van der Waals surface area contributed by atoms with Gasteiger partial charge in [-0.2, -0.15) is 0 Å². The molecule has 37 heavy (non-hydrogen) atoms. The minimum atomic E-state index is -1.62. The number of amides is 3. The second kappa shape index (κ2) is 11.7. The van der Waals surface area contributed by atoms with Crippen LogP contribution in [0, 0.1) is 19.3 Å². The van der Waals surface area contributed by atoms with Crippen LogP contribution in [0.2, 0.25) is 0 Å². The van der Waals surface area contributed by atoms with E-state index in [1.165, 1.54) is 27.6 Å². The molecule has 3 rings (SSSR count). The molecule has 1 heterocycles. The number of aliphatic hydroxyl groups excluding tert-OH is 1. The van der Waals surface area contributed by atoms with Crippen LogP contribution in [0.25, 0.3) is 0 Å². The number of aliphatic hydroxyl groups is 1. The average molecular weight is 524 g/mol. The van der Waals surface area contributed by atoms with Crippen molar-refractivity contribution in [1.82, 2.24) is 15.1 Å². The standard InChI is InChI=1S/C28H33N3O5S/c1-6-15-30(5)27(36)24-28(3,4)37-17-31(24)26(35)23(33)21(16-19-11-8-7-9-12-19)29-25(34)20-13-10-14-22(32)18(20)2/h1,7-14,21,23-24,32-33H,15-17H2,2-5H3,(H,29,34)/t21-,23-,24+/m0/s1. The van der Waals surface area contributed by atoms with Gasteiger partial charge in [0.2, 0.25) is 5.91 Å². The number of carbonyl (C=O) groups excluding carboxylic acids is 3. The van der Waals surface area contributed by atoms with E-state index in [1.54, 1.807) is 26.1 Å². The number of hydrogen-bond acceptors (Lipinski definition) is 6. The van der Waals surface area contributed by atoms with Gasteiger partial charge in [0.05, 0.1) is 18.5 Å². The molecule has 1 saturated heterocycles. The third-order valence-electron chi connectivity index (χ3n) is 6.57. The number of nitrogens with one attached hydrogen (secondary N) is 1. The van der Waals surface area contributed by atoms with Crippen molar-refractivity contribution in [1.29, 1.82) is 0 Å². The second-order valence-corrected chi connectivity index (χ2v) is 11.2. The van der Waals surface area contributed by atoms with Gasteiger partial charge in [0.25, 0.3) is 11.8 Å². The number of aromatic hydroxyl groups is 1. The molecule has 0 bridgehead atoms. The quantitative estimate of drug-likeness (QED) is 0.458. The fourth-order valence-corrected chi connectivity index (χ4v) is 5.51. The maximum atomic E-state index is 13.7. The molecule has 2 aromatic rings. The summed E-state index contributed by atoms with van der Waals surface area (Å²) in [6.07, 6.45) is 3.94. The molecule has 3 atom stereocenters. The molecule has 0 spiro atoms. The van der Waals surface area contributed by atoms with Gasteiger partial charge in [-0.1, -0.05) is 42.3 Å². The number of benzene rings is 2. The summed E-state index contributed by atoms with van der Waals surface area (Å²) in [6.45, 7) is 5.45. The van der Waals surface area contributed by atoms with Gasteiger partial charge in [0.1, 0.15) is 11.8 Å². The lowest BCUT2D eigenvalue weighted by Gasteiger charge is -2.35. The molecule has 0 unspecified atom stereocenters. The van der Waals surface area contributed by atoms with Crippen molar-refractivity contribution in [2.24, 2.45) is 0 Å². The average Bonchev–Trinajstić information content (AvgIpc) is 3.19. The summed E-state index contributed by atoms with van der Waals surface area (Å²) in [5.41, 5.74) is 1.43. The number of phenols is 1. The molecule has 8 nitrogen and oxygen atoms in total. The fourth-order valence-electron chi connectivity index (χ4n) is 4.38. The third kappa shape index (κ3) is 6.27. The lowest BCUT2D eigenvalue weighted by molar-refractivity contribution is -0.150. The Bertz CT molecular complexity index is 1190. The van der Waals surface area contributed by atoms with Crippen LogP contribution in [0.1, 0.15) is 35.3 Å². The van der Waals surface area contributed by atoms with E-state index in [0.29, 0.717) is 5.56 Å². The SMILES string of the molecule is C#CCN(C)C(=O)[C@H]1N(C(=O)[C@@H](O)[C@H](Cc2ccccc2)NC(=O)c2cccc(O)c2C)CSC1(C)C. The van der Waals surface area contributed by atoms with Crippen LogP contribution in [0.4, 0.5) is 0 Å². The molecule has 0 radical (unpaired) electrons. The van der Waals surface area contributed by atoms with Crippen molar-refractivity contribution >= 4 is 29.5 Å². The van der Waals surface area contributed by atoms with Crippen LogP contribution in [0.5, 0.6) is 5.75 Å². The van der Waals surface area contributed by atoms with Crippen molar-refractivity contribution in [3.8, 4) is 18.1 Å². The van der Waals surface area contributed by atoms with Crippen molar-refractivity contribution in [3.63, 3.8) is 0 Å². The molecule has 1 aliphatic rings. The molecule has 1 fully saturated rings. The van der Waals surface area contributed by atoms with Gasteiger partial charge in [0.15, 0.2) is 6.10 Å². The molecular weight excluding hydrogens is 490 g/mol. The minimum absolute atomic E-state index is 0.0300. The molecule has 3 amide bonds. The highest BCUT2D eigenvalue weighted by molar-refractivity contribution is 8.00. The van der Waals surface area contributed by atoms with E-state index < -0.39 is 34.7 Å². The highest BCUT2D eigenvalue weighted by Gasteiger charge is 2.50. The Balaban J connectivity index is 1.90. The lowest BCUT2D eigenvalue weighted by Crippen LogP contribution is -2.59. The highest BCUT2D eigenvalue weighted by atomic mass is 32.2. The summed E-state index contributed by atoms with van der Waals surface area (Å²) in [6, 6.07) is 12.0. The summed E-state index contributed by atoms with van der Waals surface area (Å²) in [7, 11) is 1.58. The summed E-state index contributed by atoms with van der Waals surface area (Å²) >= 11 is 1.44. The number of phenolic OH excluding ortho intramolecular Hbond substituents is 1. The van der Waals surface area contributed by atoms with E-state index in [1.807, 2.05) is 44.2 Å². The van der Waals surface area contributed by atoms with E-state index >= 15 is 0 Å². The Morgan fingerprint density at radius 2 is 1.89 bits per heavy atom. The summed E-state index contributed by atoms with van der Waals surface area (Å²) in [5, 5.41) is 24.1. The Kier molecular flexibility index (Phi) is 8.89. The predicted octanol–water partition coefficient (Wildman–Crippen LogP) is 2.17. The van der Waals surface area contributed by atoms with E-state index in [4.69, 9.17) is 6.42 Å². The molecule has 0 aliphatic carbocycles. The molecule has 3 N–H and O–H groups in total. The third-order valence-corrected chi connectivity index (χ3v) is 7.94. The van der Waals surface area contributed by atoms with E-state index in [-0.39, 0.29) is 36.1 Å². The molecule has 0 aromatic heterocycles. The first kappa shape index (κ1) is 28.1. The van der Waals surface area contributed by atoms with Gasteiger partial charge in [-0.25, -0.2) is 0 Å². The highest BCUT2D eigenvalue weighted by Crippen LogP contribution is 2.40. The minimum Gasteiger partial charge on any atom is -0.508 e. The van der Waals surface area contributed by atoms with E-state index in [0.717, 1.165) is 5.56 Å². The van der Waals surface area contributed by atoms with E-state index in [9.17, 15) is 24.6 Å². The first-order valence-corrected chi connectivity index (χ1v) is 12.9. The largest absolute Gasteiger partial charge is 0.508 e. The van der Waals surface area contributed by atoms with Crippen LogP contribution in [-0.2, 0) is 16.0 Å². The first-order valence-electron chi connectivity index (χ1n) is 11.9. The topological polar surface area (TPSA) is 110 Å². The van der Waals surface area contributed by atoms with Gasteiger partial charge in [-0.15, -0.1) is 18.2 Å². The van der Waals surface area contributed by atoms with Gasteiger partial charge in [-0.05, 0) is 44.9 Å². The van der Waals surface area contributed by atoms with Crippen LogP contribution in [0.3, 0.4) is 0 Å². The Morgan fingerprint density at radius 3 is 2.54 bits per heavy atom. The Morgan fingerprint density at radius 1 is 1.22 bits per heavy atom. The zero-order valence-electron chi connectivity index (χ0n) is 21.5. The van der Waals surface area contributed by atoms with Gasteiger partial charge in [-0.3, -0.25) is 14.4 Å². The summed E-state index contributed by atoms with van der Waals surface area (Å²) in [5.74, 6) is 1.12. The van der Waals surface area contributed by atoms with Crippen molar-refractivity contribution in [2.75, 3.05) is 19.5 Å². The maximum Gasteiger partial charge on any atom is 0.254 e. The maximum absolute atomic E-state index is 13.7. The smallest absolute Gasteiger partial charge is 0.254 e. The second-order valence-electron chi connectivity index (χ2n) is 9.65. The molecular formula is C28H33N3O5S. The first-order chi connectivity index (χ1) is 17.5. The lowest BCUT2D eigenvalue weighted by atomic mass is 9.96. The number of carbonyl (C=O) groups is 3. The molecule has 1 aliphatic heterocycles. The number of rotatable bonds is 8. The van der Waals surface area contributed by atoms with Crippen LogP contribution >= 0.6 is 11.8 Å². The van der Waals surface area contributed by atoms with Crippen LogP contribution in [0.15, 0.2) is 48.5 Å². The zero-order valence-corrected chi connectivity index (χ0v) is 22.3. The van der Waals surface area contributed by atoms with Crippen LogP contribution < -0.4 is 5.32 Å². The molecule has 196 valence electrons. The molecule has 2 aromatic carbocycles. The summed E-state index contributed by atoms with van der Waals surface area (Å²) < 4.78 is -0.605. The van der Waals surface area contributed by atoms with E-state index in [2.05, 4.69) is 11.2 Å². The molecule has 0 saturated carbocycles. The number of terminal acetylenes is 1. The predicted molar refractivity (Wildman–Crippen MR) is 144 cm³/mol. The van der Waals surface area contributed by atoms with Crippen LogP contribution in [-0.4, -0.2) is 80.1 Å². The van der Waals surface area contributed by atoms with Gasteiger partial charge >= 0.3 is 0 Å². The number of nitrogens with zero attached hydrogens (tertiary/aromatic N) is 2. The Labute approximate surface area is 222 Å². The Hall–Kier alpha value is -3.48. The summed E-state index contributed by atoms with van der Waals surface area (Å²) in [4.78, 5) is 42.8. The normalized spacial score (nSPS) is 17.9. The van der Waals surface area contributed by atoms with Crippen molar-refractivity contribution < 1.29 is 24.6 Å². The monoisotopic (exact) mass is 523 g/mol. The fraction of sp³-hybridized carbons (Fsp3) is 0.393. The number of thioether (sulfide) groups is 1. The molecule has 9 heteroatoms. The van der Waals surface area contributed by atoms with Gasteiger partial charge < -0.3 is 25.3 Å². The van der Waals surface area contributed by atoms with Crippen molar-refractivity contribution in [3.05, 3.63) is 65.2 Å². The zero-order chi connectivity index (χ0) is 27.3. The number of likely N-dealkylation sites (N-methyl/N-ethyl adjacent to an activating group) is 1. The van der Waals surface area contributed by atoms with Crippen molar-refractivity contribution in [2.45, 2.75) is 50.1 Å². The number of hydrogen-bond donors (Lipinski definition) is 3.